The lowest BCUT2D eigenvalue weighted by molar-refractivity contribution is 0.0941. The van der Waals surface area contributed by atoms with Crippen LogP contribution in [0, 0.1) is 0 Å². The van der Waals surface area contributed by atoms with Gasteiger partial charge in [-0.05, 0) is 53.8 Å². The number of halogens is 1. The number of benzene rings is 2. The number of nitrogens with one attached hydrogen (secondary N) is 1. The number of rotatable bonds is 6. The van der Waals surface area contributed by atoms with Gasteiger partial charge in [0.1, 0.15) is 5.75 Å². The summed E-state index contributed by atoms with van der Waals surface area (Å²) < 4.78 is 5.93. The van der Waals surface area contributed by atoms with Gasteiger partial charge in [0.25, 0.3) is 5.91 Å². The van der Waals surface area contributed by atoms with Crippen molar-refractivity contribution in [2.24, 2.45) is 0 Å². The Kier molecular flexibility index (Phi) is 6.19. The van der Waals surface area contributed by atoms with Crippen molar-refractivity contribution < 1.29 is 9.53 Å². The molecule has 1 unspecified atom stereocenters. The van der Waals surface area contributed by atoms with Crippen molar-refractivity contribution in [1.82, 2.24) is 10.2 Å². The second-order valence-corrected chi connectivity index (χ2v) is 6.30. The van der Waals surface area contributed by atoms with E-state index >= 15 is 0 Å². The minimum atomic E-state index is -0.126. The summed E-state index contributed by atoms with van der Waals surface area (Å²) in [6, 6.07) is 15.6. The van der Waals surface area contributed by atoms with Crippen LogP contribution in [0.5, 0.6) is 5.75 Å². The number of hydrogen-bond acceptors (Lipinski definition) is 3. The Labute approximate surface area is 145 Å². The predicted molar refractivity (Wildman–Crippen MR) is 95.9 cm³/mol. The van der Waals surface area contributed by atoms with Crippen molar-refractivity contribution in [2.45, 2.75) is 6.04 Å². The Morgan fingerprint density at radius 1 is 1.22 bits per heavy atom. The number of nitrogens with zero attached hydrogens (tertiary/aromatic N) is 1. The molecule has 0 aliphatic carbocycles. The minimum absolute atomic E-state index is 0.115. The van der Waals surface area contributed by atoms with Gasteiger partial charge in [-0.25, -0.2) is 0 Å². The first kappa shape index (κ1) is 17.5. The quantitative estimate of drug-likeness (QED) is 0.838. The average Bonchev–Trinajstić information content (AvgIpc) is 2.56. The van der Waals surface area contributed by atoms with E-state index in [0.29, 0.717) is 17.9 Å². The molecule has 0 heterocycles. The first-order valence-corrected chi connectivity index (χ1v) is 8.15. The number of likely N-dealkylation sites (N-methyl/N-ethyl adjacent to an activating group) is 1. The summed E-state index contributed by atoms with van der Waals surface area (Å²) in [5.41, 5.74) is 1.73. The highest BCUT2D eigenvalue weighted by molar-refractivity contribution is 9.10. The van der Waals surface area contributed by atoms with Crippen molar-refractivity contribution >= 4 is 21.8 Å². The van der Waals surface area contributed by atoms with Crippen molar-refractivity contribution in [3.63, 3.8) is 0 Å². The number of carbonyl (C=O) groups excluding carboxylic acids is 1. The number of amides is 1. The summed E-state index contributed by atoms with van der Waals surface area (Å²) >= 11 is 3.41. The molecular weight excluding hydrogens is 356 g/mol. The summed E-state index contributed by atoms with van der Waals surface area (Å²) in [5.74, 6) is 0.532. The van der Waals surface area contributed by atoms with Crippen molar-refractivity contribution in [3.05, 3.63) is 64.1 Å². The van der Waals surface area contributed by atoms with Crippen molar-refractivity contribution in [2.75, 3.05) is 27.7 Å². The van der Waals surface area contributed by atoms with E-state index in [-0.39, 0.29) is 11.9 Å². The van der Waals surface area contributed by atoms with Gasteiger partial charge in [-0.3, -0.25) is 4.79 Å². The largest absolute Gasteiger partial charge is 0.497 e. The summed E-state index contributed by atoms with van der Waals surface area (Å²) in [6.45, 7) is 0.527. The zero-order chi connectivity index (χ0) is 16.8. The van der Waals surface area contributed by atoms with Gasteiger partial charge in [-0.15, -0.1) is 0 Å². The molecule has 0 bridgehead atoms. The molecule has 4 nitrogen and oxygen atoms in total. The predicted octanol–water partition coefficient (Wildman–Crippen LogP) is 3.49. The molecule has 0 saturated heterocycles. The SMILES string of the molecule is COc1ccc(Br)c(C(=O)NCC(c2ccccc2)N(C)C)c1. The summed E-state index contributed by atoms with van der Waals surface area (Å²) in [5, 5.41) is 3.00. The second-order valence-electron chi connectivity index (χ2n) is 5.45. The Morgan fingerprint density at radius 2 is 1.91 bits per heavy atom. The van der Waals surface area contributed by atoms with Gasteiger partial charge in [0.05, 0.1) is 18.7 Å². The van der Waals surface area contributed by atoms with Crippen LogP contribution in [0.25, 0.3) is 0 Å². The van der Waals surface area contributed by atoms with Crippen LogP contribution in [0.3, 0.4) is 0 Å². The highest BCUT2D eigenvalue weighted by Crippen LogP contribution is 2.23. The molecule has 1 N–H and O–H groups in total. The molecular formula is C18H21BrN2O2. The van der Waals surface area contributed by atoms with Gasteiger partial charge in [0.15, 0.2) is 0 Å². The topological polar surface area (TPSA) is 41.6 Å². The van der Waals surface area contributed by atoms with E-state index in [1.54, 1.807) is 13.2 Å². The average molecular weight is 377 g/mol. The second kappa shape index (κ2) is 8.13. The maximum absolute atomic E-state index is 12.5. The molecule has 1 amide bonds. The van der Waals surface area contributed by atoms with E-state index in [0.717, 1.165) is 4.47 Å². The zero-order valence-corrected chi connectivity index (χ0v) is 15.1. The van der Waals surface area contributed by atoms with Gasteiger partial charge in [-0.1, -0.05) is 30.3 Å². The zero-order valence-electron chi connectivity index (χ0n) is 13.5. The van der Waals surface area contributed by atoms with Crippen LogP contribution in [-0.4, -0.2) is 38.6 Å². The summed E-state index contributed by atoms with van der Waals surface area (Å²) in [7, 11) is 5.60. The molecule has 0 saturated carbocycles. The van der Waals surface area contributed by atoms with E-state index in [1.165, 1.54) is 5.56 Å². The summed E-state index contributed by atoms with van der Waals surface area (Å²) in [4.78, 5) is 14.6. The smallest absolute Gasteiger partial charge is 0.252 e. The molecule has 0 aliphatic rings. The van der Waals surface area contributed by atoms with Gasteiger partial charge < -0.3 is 15.0 Å². The van der Waals surface area contributed by atoms with Gasteiger partial charge in [-0.2, -0.15) is 0 Å². The lowest BCUT2D eigenvalue weighted by Gasteiger charge is -2.25. The van der Waals surface area contributed by atoms with Crippen LogP contribution in [0.1, 0.15) is 22.0 Å². The molecule has 2 aromatic rings. The van der Waals surface area contributed by atoms with Crippen LogP contribution in [-0.2, 0) is 0 Å². The third kappa shape index (κ3) is 4.56. The third-order valence-corrected chi connectivity index (χ3v) is 4.37. The van der Waals surface area contributed by atoms with Crippen molar-refractivity contribution in [3.8, 4) is 5.75 Å². The van der Waals surface area contributed by atoms with Crippen LogP contribution in [0.4, 0.5) is 0 Å². The van der Waals surface area contributed by atoms with E-state index in [2.05, 4.69) is 38.3 Å². The maximum Gasteiger partial charge on any atom is 0.252 e. The lowest BCUT2D eigenvalue weighted by Crippen LogP contribution is -2.34. The van der Waals surface area contributed by atoms with E-state index in [1.807, 2.05) is 44.4 Å². The highest BCUT2D eigenvalue weighted by atomic mass is 79.9. The lowest BCUT2D eigenvalue weighted by atomic mass is 10.1. The Bertz CT molecular complexity index is 659. The molecule has 2 rings (SSSR count). The molecule has 5 heteroatoms. The van der Waals surface area contributed by atoms with Gasteiger partial charge in [0, 0.05) is 11.0 Å². The highest BCUT2D eigenvalue weighted by Gasteiger charge is 2.17. The third-order valence-electron chi connectivity index (χ3n) is 3.68. The Morgan fingerprint density at radius 3 is 2.52 bits per heavy atom. The molecule has 23 heavy (non-hydrogen) atoms. The Balaban J connectivity index is 2.11. The number of ether oxygens (including phenoxy) is 1. The van der Waals surface area contributed by atoms with Gasteiger partial charge >= 0.3 is 0 Å². The van der Waals surface area contributed by atoms with Gasteiger partial charge in [0.2, 0.25) is 0 Å². The molecule has 1 atom stereocenters. The fraction of sp³-hybridized carbons (Fsp3) is 0.278. The fourth-order valence-electron chi connectivity index (χ4n) is 2.36. The first-order valence-electron chi connectivity index (χ1n) is 7.36. The number of carbonyl (C=O) groups is 1. The standard InChI is InChI=1S/C18H21BrN2O2/c1-21(2)17(13-7-5-4-6-8-13)12-20-18(22)15-11-14(23-3)9-10-16(15)19/h4-11,17H,12H2,1-3H3,(H,20,22). The molecule has 2 aromatic carbocycles. The normalized spacial score (nSPS) is 12.0. The van der Waals surface area contributed by atoms with Crippen molar-refractivity contribution in [1.29, 1.82) is 0 Å². The van der Waals surface area contributed by atoms with Crippen LogP contribution >= 0.6 is 15.9 Å². The molecule has 122 valence electrons. The molecule has 0 fully saturated rings. The molecule has 0 radical (unpaired) electrons. The van der Waals surface area contributed by atoms with E-state index in [9.17, 15) is 4.79 Å². The van der Waals surface area contributed by atoms with E-state index < -0.39 is 0 Å². The van der Waals surface area contributed by atoms with E-state index in [4.69, 9.17) is 4.74 Å². The van der Waals surface area contributed by atoms with Crippen LogP contribution < -0.4 is 10.1 Å². The van der Waals surface area contributed by atoms with Crippen LogP contribution in [0.15, 0.2) is 53.0 Å². The molecule has 0 spiro atoms. The first-order chi connectivity index (χ1) is 11.0. The number of methoxy groups -OCH3 is 1. The maximum atomic E-state index is 12.5. The molecule has 0 aliphatic heterocycles. The molecule has 0 aromatic heterocycles. The fourth-order valence-corrected chi connectivity index (χ4v) is 2.79. The van der Waals surface area contributed by atoms with Crippen LogP contribution in [0.2, 0.25) is 0 Å². The Hall–Kier alpha value is -1.85. The number of hydrogen-bond donors (Lipinski definition) is 1. The monoisotopic (exact) mass is 376 g/mol. The minimum Gasteiger partial charge on any atom is -0.497 e. The summed E-state index contributed by atoms with van der Waals surface area (Å²) in [6.07, 6.45) is 0.